The van der Waals surface area contributed by atoms with E-state index in [4.69, 9.17) is 0 Å². The lowest BCUT2D eigenvalue weighted by Gasteiger charge is -2.10. The molecule has 4 aromatic rings. The first-order chi connectivity index (χ1) is 14.6. The molecule has 0 atom stereocenters. The van der Waals surface area contributed by atoms with Crippen LogP contribution < -0.4 is 0 Å². The molecule has 0 unspecified atom stereocenters. The molecule has 0 amide bonds. The molecule has 4 heteroatoms. The van der Waals surface area contributed by atoms with E-state index in [1.54, 1.807) is 12.1 Å². The van der Waals surface area contributed by atoms with Crippen LogP contribution in [0.5, 0.6) is 0 Å². The van der Waals surface area contributed by atoms with Crippen molar-refractivity contribution in [2.45, 2.75) is 13.5 Å². The highest BCUT2D eigenvalue weighted by Crippen LogP contribution is 2.31. The lowest BCUT2D eigenvalue weighted by Crippen LogP contribution is -2.03. The van der Waals surface area contributed by atoms with Crippen LogP contribution in [0.1, 0.15) is 27.9 Å². The summed E-state index contributed by atoms with van der Waals surface area (Å²) in [4.78, 5) is 0. The van der Waals surface area contributed by atoms with E-state index in [0.717, 1.165) is 27.7 Å². The van der Waals surface area contributed by atoms with Gasteiger partial charge in [-0.2, -0.15) is 10.5 Å². The Balaban J connectivity index is 1.89. The quantitative estimate of drug-likeness (QED) is 0.396. The topological polar surface area (TPSA) is 52.5 Å². The number of nitrogens with zero attached hydrogens (tertiary/aromatic N) is 3. The molecule has 4 rings (SSSR count). The number of allylic oxidation sites excluding steroid dienone is 1. The van der Waals surface area contributed by atoms with Gasteiger partial charge in [0, 0.05) is 28.7 Å². The molecule has 0 saturated carbocycles. The Kier molecular flexibility index (Phi) is 5.16. The Bertz CT molecular complexity index is 1360. The molecule has 0 aliphatic rings. The summed E-state index contributed by atoms with van der Waals surface area (Å²) in [6.07, 6.45) is 1.82. The summed E-state index contributed by atoms with van der Waals surface area (Å²) in [6, 6.07) is 26.1. The molecule has 3 aromatic carbocycles. The number of aromatic nitrogens is 1. The summed E-state index contributed by atoms with van der Waals surface area (Å²) in [7, 11) is 0. The highest BCUT2D eigenvalue weighted by Gasteiger charge is 2.15. The monoisotopic (exact) mass is 391 g/mol. The van der Waals surface area contributed by atoms with Gasteiger partial charge in [0.2, 0.25) is 0 Å². The molecule has 0 radical (unpaired) electrons. The molecule has 3 nitrogen and oxygen atoms in total. The van der Waals surface area contributed by atoms with Crippen LogP contribution in [0.4, 0.5) is 4.39 Å². The standard InChI is InChI=1S/C26H18FN3/c1-18-25(14-22(16-29)19-9-6-10-23(27)13-19)24-11-4-5-12-26(24)30(18)17-21-8-3-2-7-20(21)15-28/h2-14H,17H2,1H3/b22-14-. The third kappa shape index (κ3) is 3.48. The average molecular weight is 391 g/mol. The van der Waals surface area contributed by atoms with Crippen LogP contribution in [0, 0.1) is 35.4 Å². The van der Waals surface area contributed by atoms with Gasteiger partial charge in [-0.1, -0.05) is 48.5 Å². The fraction of sp³-hybridized carbons (Fsp3) is 0.0769. The SMILES string of the molecule is Cc1c(/C=C(/C#N)c2cccc(F)c2)c2ccccc2n1Cc1ccccc1C#N. The lowest BCUT2D eigenvalue weighted by atomic mass is 10.0. The van der Waals surface area contributed by atoms with Gasteiger partial charge in [0.25, 0.3) is 0 Å². The number of nitriles is 2. The van der Waals surface area contributed by atoms with Gasteiger partial charge < -0.3 is 4.57 Å². The Hall–Kier alpha value is -4.15. The number of hydrogen-bond donors (Lipinski definition) is 0. The number of benzene rings is 3. The van der Waals surface area contributed by atoms with Crippen molar-refractivity contribution in [3.8, 4) is 12.1 Å². The van der Waals surface area contributed by atoms with Crippen LogP contribution in [0.15, 0.2) is 72.8 Å². The maximum atomic E-state index is 13.7. The van der Waals surface area contributed by atoms with Crippen molar-refractivity contribution in [3.63, 3.8) is 0 Å². The van der Waals surface area contributed by atoms with Crippen LogP contribution >= 0.6 is 0 Å². The second-order valence-electron chi connectivity index (χ2n) is 7.05. The van der Waals surface area contributed by atoms with E-state index in [1.165, 1.54) is 12.1 Å². The Morgan fingerprint density at radius 3 is 2.53 bits per heavy atom. The predicted octanol–water partition coefficient (Wildman–Crippen LogP) is 6.07. The smallest absolute Gasteiger partial charge is 0.123 e. The van der Waals surface area contributed by atoms with Crippen LogP contribution in [0.2, 0.25) is 0 Å². The Labute approximate surface area is 174 Å². The minimum absolute atomic E-state index is 0.374. The minimum atomic E-state index is -0.374. The molecule has 1 aromatic heterocycles. The molecule has 30 heavy (non-hydrogen) atoms. The highest BCUT2D eigenvalue weighted by molar-refractivity contribution is 5.99. The molecule has 0 saturated heterocycles. The lowest BCUT2D eigenvalue weighted by molar-refractivity contribution is 0.627. The molecular weight excluding hydrogens is 373 g/mol. The third-order valence-corrected chi connectivity index (χ3v) is 5.29. The maximum absolute atomic E-state index is 13.7. The molecule has 0 aliphatic carbocycles. The van der Waals surface area contributed by atoms with E-state index in [-0.39, 0.29) is 5.82 Å². The molecule has 0 spiro atoms. The zero-order valence-electron chi connectivity index (χ0n) is 16.4. The molecule has 0 bridgehead atoms. The molecule has 1 heterocycles. The third-order valence-electron chi connectivity index (χ3n) is 5.29. The second-order valence-corrected chi connectivity index (χ2v) is 7.05. The fourth-order valence-corrected chi connectivity index (χ4v) is 3.76. The van der Waals surface area contributed by atoms with Gasteiger partial charge in [-0.3, -0.25) is 0 Å². The van der Waals surface area contributed by atoms with Gasteiger partial charge in [-0.25, -0.2) is 4.39 Å². The molecule has 0 N–H and O–H groups in total. The summed E-state index contributed by atoms with van der Waals surface area (Å²) < 4.78 is 15.8. The normalized spacial score (nSPS) is 11.3. The van der Waals surface area contributed by atoms with Crippen LogP contribution in [-0.4, -0.2) is 4.57 Å². The van der Waals surface area contributed by atoms with Crippen molar-refractivity contribution in [3.05, 3.63) is 107 Å². The van der Waals surface area contributed by atoms with E-state index >= 15 is 0 Å². The highest BCUT2D eigenvalue weighted by atomic mass is 19.1. The van der Waals surface area contributed by atoms with Crippen molar-refractivity contribution in [1.29, 1.82) is 10.5 Å². The number of halogens is 1. The van der Waals surface area contributed by atoms with Gasteiger partial charge in [-0.15, -0.1) is 0 Å². The molecule has 144 valence electrons. The summed E-state index contributed by atoms with van der Waals surface area (Å²) in [5.41, 5.74) is 5.44. The first kappa shape index (κ1) is 19.2. The Morgan fingerprint density at radius 2 is 1.77 bits per heavy atom. The first-order valence-corrected chi connectivity index (χ1v) is 9.56. The van der Waals surface area contributed by atoms with Gasteiger partial charge in [-0.05, 0) is 48.4 Å². The van der Waals surface area contributed by atoms with Crippen molar-refractivity contribution < 1.29 is 4.39 Å². The number of hydrogen-bond acceptors (Lipinski definition) is 2. The summed E-state index contributed by atoms with van der Waals surface area (Å²) >= 11 is 0. The van der Waals surface area contributed by atoms with Gasteiger partial charge in [0.15, 0.2) is 0 Å². The largest absolute Gasteiger partial charge is 0.340 e. The minimum Gasteiger partial charge on any atom is -0.340 e. The summed E-state index contributed by atoms with van der Waals surface area (Å²) in [5.74, 6) is -0.374. The maximum Gasteiger partial charge on any atom is 0.123 e. The van der Waals surface area contributed by atoms with E-state index in [0.29, 0.717) is 23.2 Å². The van der Waals surface area contributed by atoms with Crippen LogP contribution in [0.3, 0.4) is 0 Å². The zero-order chi connectivity index (χ0) is 21.1. The van der Waals surface area contributed by atoms with Crippen molar-refractivity contribution in [2.75, 3.05) is 0 Å². The van der Waals surface area contributed by atoms with Gasteiger partial charge in [0.1, 0.15) is 5.82 Å². The molecule has 0 fully saturated rings. The van der Waals surface area contributed by atoms with E-state index < -0.39 is 0 Å². The first-order valence-electron chi connectivity index (χ1n) is 9.56. The summed E-state index contributed by atoms with van der Waals surface area (Å²) in [6.45, 7) is 2.55. The van der Waals surface area contributed by atoms with Gasteiger partial charge >= 0.3 is 0 Å². The Morgan fingerprint density at radius 1 is 1.00 bits per heavy atom. The van der Waals surface area contributed by atoms with E-state index in [1.807, 2.05) is 61.5 Å². The van der Waals surface area contributed by atoms with Crippen LogP contribution in [0.25, 0.3) is 22.6 Å². The zero-order valence-corrected chi connectivity index (χ0v) is 16.4. The van der Waals surface area contributed by atoms with Crippen molar-refractivity contribution >= 4 is 22.6 Å². The van der Waals surface area contributed by atoms with Crippen molar-refractivity contribution in [2.24, 2.45) is 0 Å². The number of fused-ring (bicyclic) bond motifs is 1. The van der Waals surface area contributed by atoms with E-state index in [9.17, 15) is 14.9 Å². The predicted molar refractivity (Wildman–Crippen MR) is 117 cm³/mol. The van der Waals surface area contributed by atoms with Gasteiger partial charge in [0.05, 0.1) is 23.3 Å². The van der Waals surface area contributed by atoms with Crippen molar-refractivity contribution in [1.82, 2.24) is 4.57 Å². The molecular formula is C26H18FN3. The average Bonchev–Trinajstić information content (AvgIpc) is 3.03. The van der Waals surface area contributed by atoms with Crippen LogP contribution in [-0.2, 0) is 6.54 Å². The molecule has 0 aliphatic heterocycles. The second kappa shape index (κ2) is 8.07. The fourth-order valence-electron chi connectivity index (χ4n) is 3.76. The number of para-hydroxylation sites is 1. The summed E-state index contributed by atoms with van der Waals surface area (Å²) in [5, 5.41) is 20.2. The number of rotatable bonds is 4. The van der Waals surface area contributed by atoms with E-state index in [2.05, 4.69) is 16.7 Å².